The van der Waals surface area contributed by atoms with Crippen molar-refractivity contribution in [1.29, 1.82) is 0 Å². The smallest absolute Gasteiger partial charge is 0.259 e. The molecular formula is C23H23N5O4. The lowest BCUT2D eigenvalue weighted by atomic mass is 10.1. The summed E-state index contributed by atoms with van der Waals surface area (Å²) in [7, 11) is 5.12. The molecule has 0 spiro atoms. The highest BCUT2D eigenvalue weighted by atomic mass is 16.5. The Balaban J connectivity index is 1.59. The number of hydrogen-bond acceptors (Lipinski definition) is 6. The average molecular weight is 433 g/mol. The van der Waals surface area contributed by atoms with Crippen molar-refractivity contribution >= 4 is 28.5 Å². The molecule has 0 radical (unpaired) electrons. The van der Waals surface area contributed by atoms with E-state index >= 15 is 0 Å². The summed E-state index contributed by atoms with van der Waals surface area (Å²) in [4.78, 5) is 30.9. The summed E-state index contributed by atoms with van der Waals surface area (Å²) in [5.41, 5.74) is 2.89. The van der Waals surface area contributed by atoms with Gasteiger partial charge in [-0.3, -0.25) is 14.3 Å². The fourth-order valence-electron chi connectivity index (χ4n) is 3.28. The summed E-state index contributed by atoms with van der Waals surface area (Å²) < 4.78 is 12.6. The van der Waals surface area contributed by atoms with Gasteiger partial charge in [0.15, 0.2) is 18.0 Å². The third-order valence-electron chi connectivity index (χ3n) is 4.96. The van der Waals surface area contributed by atoms with Crippen LogP contribution < -0.4 is 10.1 Å². The van der Waals surface area contributed by atoms with Crippen LogP contribution in [0.3, 0.4) is 0 Å². The van der Waals surface area contributed by atoms with E-state index in [9.17, 15) is 9.59 Å². The van der Waals surface area contributed by atoms with Crippen LogP contribution in [0.15, 0.2) is 53.1 Å². The van der Waals surface area contributed by atoms with Crippen LogP contribution in [0.4, 0.5) is 5.69 Å². The van der Waals surface area contributed by atoms with E-state index in [-0.39, 0.29) is 18.4 Å². The van der Waals surface area contributed by atoms with Gasteiger partial charge in [0.1, 0.15) is 11.4 Å². The molecule has 0 fully saturated rings. The SMILES string of the molecule is Cc1nn(C)c2nc(-c3ccco3)cc(C(=O)Nc3ccc(OCC(=O)N(C)C)cc3)c12. The first kappa shape index (κ1) is 21.1. The number of ether oxygens (including phenoxy) is 1. The van der Waals surface area contributed by atoms with Gasteiger partial charge in [0.25, 0.3) is 11.8 Å². The molecule has 0 aliphatic heterocycles. The lowest BCUT2D eigenvalue weighted by Gasteiger charge is -2.12. The molecule has 4 rings (SSSR count). The number of anilines is 1. The van der Waals surface area contributed by atoms with E-state index in [1.807, 2.05) is 6.92 Å². The number of nitrogens with one attached hydrogen (secondary N) is 1. The molecule has 0 aliphatic rings. The fraction of sp³-hybridized carbons (Fsp3) is 0.217. The van der Waals surface area contributed by atoms with Gasteiger partial charge >= 0.3 is 0 Å². The first-order valence-corrected chi connectivity index (χ1v) is 9.96. The average Bonchev–Trinajstić information content (AvgIpc) is 3.41. The summed E-state index contributed by atoms with van der Waals surface area (Å²) in [6, 6.07) is 12.1. The molecule has 0 atom stereocenters. The largest absolute Gasteiger partial charge is 0.484 e. The molecule has 0 unspecified atom stereocenters. The van der Waals surface area contributed by atoms with Gasteiger partial charge in [-0.15, -0.1) is 0 Å². The number of aromatic nitrogens is 3. The van der Waals surface area contributed by atoms with Gasteiger partial charge in [0, 0.05) is 26.8 Å². The number of fused-ring (bicyclic) bond motifs is 1. The number of furan rings is 1. The summed E-state index contributed by atoms with van der Waals surface area (Å²) in [6.45, 7) is 1.79. The molecular weight excluding hydrogens is 410 g/mol. The maximum Gasteiger partial charge on any atom is 0.259 e. The lowest BCUT2D eigenvalue weighted by Crippen LogP contribution is -2.27. The summed E-state index contributed by atoms with van der Waals surface area (Å²) in [5, 5.41) is 8.00. The highest BCUT2D eigenvalue weighted by Gasteiger charge is 2.20. The molecule has 0 saturated heterocycles. The number of benzene rings is 1. The minimum atomic E-state index is -0.294. The minimum Gasteiger partial charge on any atom is -0.484 e. The number of hydrogen-bond donors (Lipinski definition) is 1. The molecule has 1 N–H and O–H groups in total. The molecule has 32 heavy (non-hydrogen) atoms. The van der Waals surface area contributed by atoms with Gasteiger partial charge in [-0.05, 0) is 49.4 Å². The third-order valence-corrected chi connectivity index (χ3v) is 4.96. The third kappa shape index (κ3) is 4.18. The molecule has 1 aromatic carbocycles. The quantitative estimate of drug-likeness (QED) is 0.501. The van der Waals surface area contributed by atoms with E-state index in [0.717, 1.165) is 0 Å². The van der Waals surface area contributed by atoms with Crippen LogP contribution in [-0.2, 0) is 11.8 Å². The van der Waals surface area contributed by atoms with E-state index in [0.29, 0.717) is 45.2 Å². The van der Waals surface area contributed by atoms with E-state index in [2.05, 4.69) is 15.4 Å². The number of pyridine rings is 1. The number of aryl methyl sites for hydroxylation is 2. The highest BCUT2D eigenvalue weighted by Crippen LogP contribution is 2.28. The van der Waals surface area contributed by atoms with Gasteiger partial charge in [0.05, 0.1) is 22.9 Å². The number of amides is 2. The molecule has 3 heterocycles. The second-order valence-corrected chi connectivity index (χ2v) is 7.50. The highest BCUT2D eigenvalue weighted by molar-refractivity contribution is 6.13. The second-order valence-electron chi connectivity index (χ2n) is 7.50. The topological polar surface area (TPSA) is 102 Å². The number of likely N-dealkylation sites (N-methyl/N-ethyl adjacent to an activating group) is 1. The Morgan fingerprint density at radius 2 is 1.94 bits per heavy atom. The Morgan fingerprint density at radius 3 is 2.59 bits per heavy atom. The predicted octanol–water partition coefficient (Wildman–Crippen LogP) is 3.26. The zero-order valence-electron chi connectivity index (χ0n) is 18.2. The van der Waals surface area contributed by atoms with Gasteiger partial charge in [0.2, 0.25) is 0 Å². The molecule has 3 aromatic heterocycles. The van der Waals surface area contributed by atoms with Crippen molar-refractivity contribution in [1.82, 2.24) is 19.7 Å². The maximum absolute atomic E-state index is 13.2. The van der Waals surface area contributed by atoms with E-state index < -0.39 is 0 Å². The van der Waals surface area contributed by atoms with Gasteiger partial charge in [-0.2, -0.15) is 5.10 Å². The van der Waals surface area contributed by atoms with Crippen LogP contribution >= 0.6 is 0 Å². The molecule has 0 saturated carbocycles. The number of rotatable bonds is 6. The van der Waals surface area contributed by atoms with Crippen molar-refractivity contribution < 1.29 is 18.7 Å². The predicted molar refractivity (Wildman–Crippen MR) is 120 cm³/mol. The van der Waals surface area contributed by atoms with Gasteiger partial charge in [-0.1, -0.05) is 0 Å². The summed E-state index contributed by atoms with van der Waals surface area (Å²) in [6.07, 6.45) is 1.56. The Kier molecular flexibility index (Phi) is 5.63. The molecule has 9 heteroatoms. The maximum atomic E-state index is 13.2. The van der Waals surface area contributed by atoms with Crippen molar-refractivity contribution in [2.24, 2.45) is 7.05 Å². The Hall–Kier alpha value is -4.14. The van der Waals surface area contributed by atoms with Crippen LogP contribution in [0.5, 0.6) is 5.75 Å². The zero-order chi connectivity index (χ0) is 22.8. The normalized spacial score (nSPS) is 10.9. The monoisotopic (exact) mass is 433 g/mol. The first-order chi connectivity index (χ1) is 15.3. The second kappa shape index (κ2) is 8.54. The number of carbonyl (C=O) groups excluding carboxylic acids is 2. The van der Waals surface area contributed by atoms with Crippen LogP contribution in [0, 0.1) is 6.92 Å². The van der Waals surface area contributed by atoms with Gasteiger partial charge < -0.3 is 19.4 Å². The van der Waals surface area contributed by atoms with Crippen molar-refractivity contribution in [3.05, 3.63) is 60.0 Å². The minimum absolute atomic E-state index is 0.0520. The van der Waals surface area contributed by atoms with E-state index in [4.69, 9.17) is 9.15 Å². The summed E-state index contributed by atoms with van der Waals surface area (Å²) >= 11 is 0. The van der Waals surface area contributed by atoms with Crippen LogP contribution in [-0.4, -0.2) is 52.2 Å². The standard InChI is InChI=1S/C23H23N5O4/c1-14-21-17(12-18(19-6-5-11-31-19)25-22(21)28(4)26-14)23(30)24-15-7-9-16(10-8-15)32-13-20(29)27(2)3/h5-12H,13H2,1-4H3,(H,24,30). The summed E-state index contributed by atoms with van der Waals surface area (Å²) in [5.74, 6) is 0.669. The fourth-order valence-corrected chi connectivity index (χ4v) is 3.28. The van der Waals surface area contributed by atoms with Crippen molar-refractivity contribution in [3.63, 3.8) is 0 Å². The molecule has 0 aliphatic carbocycles. The Bertz CT molecular complexity index is 1270. The molecule has 164 valence electrons. The van der Waals surface area contributed by atoms with Crippen LogP contribution in [0.2, 0.25) is 0 Å². The van der Waals surface area contributed by atoms with Crippen molar-refractivity contribution in [3.8, 4) is 17.2 Å². The number of carbonyl (C=O) groups is 2. The molecule has 2 amide bonds. The van der Waals surface area contributed by atoms with E-state index in [1.165, 1.54) is 4.90 Å². The van der Waals surface area contributed by atoms with Crippen LogP contribution in [0.25, 0.3) is 22.5 Å². The molecule has 9 nitrogen and oxygen atoms in total. The number of nitrogens with zero attached hydrogens (tertiary/aromatic N) is 4. The van der Waals surface area contributed by atoms with Crippen LogP contribution in [0.1, 0.15) is 16.1 Å². The first-order valence-electron chi connectivity index (χ1n) is 9.96. The lowest BCUT2D eigenvalue weighted by molar-refractivity contribution is -0.130. The Labute approximate surface area is 184 Å². The van der Waals surface area contributed by atoms with Gasteiger partial charge in [-0.25, -0.2) is 4.98 Å². The molecule has 0 bridgehead atoms. The van der Waals surface area contributed by atoms with Crippen molar-refractivity contribution in [2.45, 2.75) is 6.92 Å². The van der Waals surface area contributed by atoms with Crippen molar-refractivity contribution in [2.75, 3.05) is 26.0 Å². The Morgan fingerprint density at radius 1 is 1.19 bits per heavy atom. The molecule has 4 aromatic rings. The zero-order valence-corrected chi connectivity index (χ0v) is 18.2. The van der Waals surface area contributed by atoms with E-state index in [1.54, 1.807) is 74.6 Å².